The molecule has 1 saturated heterocycles. The normalized spacial score (nSPS) is 14.0. The van der Waals surface area contributed by atoms with Gasteiger partial charge < -0.3 is 15.0 Å². The summed E-state index contributed by atoms with van der Waals surface area (Å²) in [4.78, 5) is 33.7. The summed E-state index contributed by atoms with van der Waals surface area (Å²) < 4.78 is 0. The fourth-order valence-electron chi connectivity index (χ4n) is 3.68. The molecule has 6 heteroatoms. The van der Waals surface area contributed by atoms with Gasteiger partial charge >= 0.3 is 5.69 Å². The second-order valence-electron chi connectivity index (χ2n) is 7.42. The topological polar surface area (TPSA) is 86.3 Å². The largest absolute Gasteiger partial charge is 0.508 e. The molecule has 1 aromatic heterocycles. The van der Waals surface area contributed by atoms with Gasteiger partial charge in [-0.2, -0.15) is 4.98 Å². The summed E-state index contributed by atoms with van der Waals surface area (Å²) >= 11 is 0. The number of hydrogen-bond acceptors (Lipinski definition) is 4. The van der Waals surface area contributed by atoms with Crippen molar-refractivity contribution in [3.05, 3.63) is 70.1 Å². The highest BCUT2D eigenvalue weighted by Gasteiger charge is 2.18. The van der Waals surface area contributed by atoms with Crippen LogP contribution in [0.1, 0.15) is 35.2 Å². The maximum atomic E-state index is 12.8. The van der Waals surface area contributed by atoms with E-state index in [1.165, 1.54) is 6.42 Å². The Hall–Kier alpha value is -3.41. The zero-order valence-corrected chi connectivity index (χ0v) is 16.3. The average Bonchev–Trinajstić information content (AvgIpc) is 2.75. The molecule has 0 spiro atoms. The number of likely N-dealkylation sites (tertiary alicyclic amines) is 1. The van der Waals surface area contributed by atoms with Crippen LogP contribution in [0, 0.1) is 6.92 Å². The lowest BCUT2D eigenvalue weighted by atomic mass is 10.0. The average molecular weight is 389 g/mol. The van der Waals surface area contributed by atoms with E-state index < -0.39 is 5.69 Å². The number of carbonyl (C=O) groups excluding carboxylic acids is 1. The number of phenolic OH excluding ortho intramolecular Hbond substituents is 1. The molecule has 0 aliphatic carbocycles. The summed E-state index contributed by atoms with van der Waals surface area (Å²) in [7, 11) is 0. The Morgan fingerprint density at radius 2 is 1.83 bits per heavy atom. The molecular weight excluding hydrogens is 366 g/mol. The van der Waals surface area contributed by atoms with Crippen LogP contribution in [0.2, 0.25) is 0 Å². The highest BCUT2D eigenvalue weighted by Crippen LogP contribution is 2.26. The molecule has 148 valence electrons. The number of piperidine rings is 1. The molecule has 3 aromatic rings. The van der Waals surface area contributed by atoms with Crippen LogP contribution < -0.4 is 5.69 Å². The van der Waals surface area contributed by atoms with E-state index >= 15 is 0 Å². The van der Waals surface area contributed by atoms with Crippen LogP contribution in [0.4, 0.5) is 0 Å². The second-order valence-corrected chi connectivity index (χ2v) is 7.42. The minimum absolute atomic E-state index is 0.0253. The molecule has 0 radical (unpaired) electrons. The van der Waals surface area contributed by atoms with Crippen molar-refractivity contribution in [2.24, 2.45) is 0 Å². The number of hydrogen-bond donors (Lipinski definition) is 2. The molecule has 2 aromatic carbocycles. The summed E-state index contributed by atoms with van der Waals surface area (Å²) in [6.45, 7) is 3.38. The number of aryl methyl sites for hydroxylation is 1. The van der Waals surface area contributed by atoms with Crippen molar-refractivity contribution in [3.8, 4) is 28.3 Å². The lowest BCUT2D eigenvalue weighted by Gasteiger charge is -2.26. The first-order valence-corrected chi connectivity index (χ1v) is 9.82. The van der Waals surface area contributed by atoms with Crippen LogP contribution in [0.5, 0.6) is 5.75 Å². The van der Waals surface area contributed by atoms with E-state index in [9.17, 15) is 14.7 Å². The third kappa shape index (κ3) is 4.06. The summed E-state index contributed by atoms with van der Waals surface area (Å²) in [5, 5.41) is 9.74. The van der Waals surface area contributed by atoms with Gasteiger partial charge in [0.05, 0.1) is 11.4 Å². The SMILES string of the molecule is Cc1cc(-c2cc(-c3cccc(C(=O)N4CCCCC4)c3)[nH]c(=O)n2)ccc1O. The van der Waals surface area contributed by atoms with Crippen molar-refractivity contribution in [2.75, 3.05) is 13.1 Å². The summed E-state index contributed by atoms with van der Waals surface area (Å²) in [5.74, 6) is 0.222. The van der Waals surface area contributed by atoms with Gasteiger partial charge in [0.15, 0.2) is 0 Å². The van der Waals surface area contributed by atoms with Crippen molar-refractivity contribution in [3.63, 3.8) is 0 Å². The molecule has 0 unspecified atom stereocenters. The molecule has 1 fully saturated rings. The van der Waals surface area contributed by atoms with Crippen LogP contribution in [-0.4, -0.2) is 39.0 Å². The number of carbonyl (C=O) groups is 1. The van der Waals surface area contributed by atoms with Crippen LogP contribution >= 0.6 is 0 Å². The van der Waals surface area contributed by atoms with Crippen LogP contribution in [0.3, 0.4) is 0 Å². The van der Waals surface area contributed by atoms with E-state index in [1.54, 1.807) is 31.2 Å². The summed E-state index contributed by atoms with van der Waals surface area (Å²) in [6, 6.07) is 14.2. The molecule has 1 aliphatic rings. The predicted molar refractivity (Wildman–Crippen MR) is 112 cm³/mol. The van der Waals surface area contributed by atoms with Gasteiger partial charge in [0.2, 0.25) is 0 Å². The molecule has 29 heavy (non-hydrogen) atoms. The maximum Gasteiger partial charge on any atom is 0.345 e. The lowest BCUT2D eigenvalue weighted by Crippen LogP contribution is -2.35. The molecule has 1 aliphatic heterocycles. The first kappa shape index (κ1) is 18.9. The van der Waals surface area contributed by atoms with Crippen molar-refractivity contribution in [1.82, 2.24) is 14.9 Å². The number of nitrogens with zero attached hydrogens (tertiary/aromatic N) is 2. The highest BCUT2D eigenvalue weighted by atomic mass is 16.3. The van der Waals surface area contributed by atoms with Gasteiger partial charge in [-0.05, 0) is 73.7 Å². The molecule has 2 heterocycles. The van der Waals surface area contributed by atoms with Gasteiger partial charge in [-0.3, -0.25) is 4.79 Å². The van der Waals surface area contributed by atoms with Crippen LogP contribution in [-0.2, 0) is 0 Å². The number of aromatic hydroxyl groups is 1. The molecule has 2 N–H and O–H groups in total. The van der Waals surface area contributed by atoms with Gasteiger partial charge in [0.1, 0.15) is 5.75 Å². The Morgan fingerprint density at radius 1 is 1.03 bits per heavy atom. The van der Waals surface area contributed by atoms with E-state index in [2.05, 4.69) is 9.97 Å². The Morgan fingerprint density at radius 3 is 2.59 bits per heavy atom. The summed E-state index contributed by atoms with van der Waals surface area (Å²) in [5.41, 5.74) is 3.47. The van der Waals surface area contributed by atoms with Crippen molar-refractivity contribution >= 4 is 5.91 Å². The Balaban J connectivity index is 1.70. The number of amides is 1. The number of rotatable bonds is 3. The minimum Gasteiger partial charge on any atom is -0.508 e. The van der Waals surface area contributed by atoms with Gasteiger partial charge in [0, 0.05) is 24.2 Å². The number of nitrogens with one attached hydrogen (secondary N) is 1. The number of phenols is 1. The zero-order valence-electron chi connectivity index (χ0n) is 16.3. The van der Waals surface area contributed by atoms with E-state index in [0.717, 1.165) is 37.1 Å². The Kier molecular flexibility index (Phi) is 5.16. The molecule has 6 nitrogen and oxygen atoms in total. The van der Waals surface area contributed by atoms with Crippen molar-refractivity contribution < 1.29 is 9.90 Å². The third-order valence-corrected chi connectivity index (χ3v) is 5.30. The Labute approximate surface area is 168 Å². The van der Waals surface area contributed by atoms with Gasteiger partial charge in [-0.1, -0.05) is 12.1 Å². The van der Waals surface area contributed by atoms with Crippen molar-refractivity contribution in [1.29, 1.82) is 0 Å². The first-order chi connectivity index (χ1) is 14.0. The quantitative estimate of drug-likeness (QED) is 0.714. The lowest BCUT2D eigenvalue weighted by molar-refractivity contribution is 0.0724. The fourth-order valence-corrected chi connectivity index (χ4v) is 3.68. The van der Waals surface area contributed by atoms with Gasteiger partial charge in [-0.15, -0.1) is 0 Å². The molecule has 4 rings (SSSR count). The molecule has 0 saturated carbocycles. The predicted octanol–water partition coefficient (Wildman–Crippen LogP) is 3.74. The van der Waals surface area contributed by atoms with Gasteiger partial charge in [-0.25, -0.2) is 4.79 Å². The van der Waals surface area contributed by atoms with Crippen LogP contribution in [0.15, 0.2) is 53.3 Å². The van der Waals surface area contributed by atoms with E-state index in [4.69, 9.17) is 0 Å². The molecule has 1 amide bonds. The monoisotopic (exact) mass is 389 g/mol. The van der Waals surface area contributed by atoms with Gasteiger partial charge in [0.25, 0.3) is 5.91 Å². The molecular formula is C23H23N3O3. The van der Waals surface area contributed by atoms with Crippen molar-refractivity contribution in [2.45, 2.75) is 26.2 Å². The number of aromatic nitrogens is 2. The number of H-pyrrole nitrogens is 1. The number of aromatic amines is 1. The number of benzene rings is 2. The smallest absolute Gasteiger partial charge is 0.345 e. The molecule has 0 atom stereocenters. The van der Waals surface area contributed by atoms with E-state index in [1.807, 2.05) is 29.2 Å². The summed E-state index contributed by atoms with van der Waals surface area (Å²) in [6.07, 6.45) is 3.25. The minimum atomic E-state index is -0.462. The zero-order chi connectivity index (χ0) is 20.4. The van der Waals surface area contributed by atoms with Crippen LogP contribution in [0.25, 0.3) is 22.5 Å². The standard InChI is InChI=1S/C23H23N3O3/c1-15-12-17(8-9-21(15)27)20-14-19(24-23(29)25-20)16-6-5-7-18(13-16)22(28)26-10-3-2-4-11-26/h5-9,12-14,27H,2-4,10-11H2,1H3,(H,24,25,29). The Bertz CT molecular complexity index is 1110. The second kappa shape index (κ2) is 7.91. The highest BCUT2D eigenvalue weighted by molar-refractivity contribution is 5.95. The van der Waals surface area contributed by atoms with E-state index in [-0.39, 0.29) is 11.7 Å². The first-order valence-electron chi connectivity index (χ1n) is 9.82. The van der Waals surface area contributed by atoms with E-state index in [0.29, 0.717) is 22.5 Å². The fraction of sp³-hybridized carbons (Fsp3) is 0.261. The maximum absolute atomic E-state index is 12.8. The molecule has 0 bridgehead atoms. The third-order valence-electron chi connectivity index (χ3n) is 5.30.